The van der Waals surface area contributed by atoms with Crippen LogP contribution in [0.1, 0.15) is 24.7 Å². The second kappa shape index (κ2) is 6.51. The van der Waals surface area contributed by atoms with Crippen LogP contribution in [0, 0.1) is 6.92 Å². The number of hydrogen-bond acceptors (Lipinski definition) is 5. The molecule has 0 aliphatic heterocycles. The molecule has 0 unspecified atom stereocenters. The maximum atomic E-state index is 10.7. The first-order valence-electron chi connectivity index (χ1n) is 6.33. The molecule has 106 valence electrons. The van der Waals surface area contributed by atoms with Crippen LogP contribution in [0.15, 0.2) is 23.6 Å². The van der Waals surface area contributed by atoms with Crippen molar-refractivity contribution in [1.82, 2.24) is 19.7 Å². The highest BCUT2D eigenvalue weighted by molar-refractivity contribution is 7.99. The third-order valence-corrected chi connectivity index (χ3v) is 3.66. The zero-order valence-electron chi connectivity index (χ0n) is 11.4. The van der Waals surface area contributed by atoms with Gasteiger partial charge in [0.05, 0.1) is 17.6 Å². The first-order valence-corrected chi connectivity index (χ1v) is 7.32. The topological polar surface area (TPSA) is 80.9 Å². The number of carboxylic acid groups (broad SMARTS) is 1. The maximum absolute atomic E-state index is 10.7. The Morgan fingerprint density at radius 2 is 2.25 bits per heavy atom. The number of hydrogen-bond donors (Lipinski definition) is 1. The second-order valence-electron chi connectivity index (χ2n) is 4.33. The Hall–Kier alpha value is -1.89. The summed E-state index contributed by atoms with van der Waals surface area (Å²) in [5, 5.41) is 17.7. The van der Waals surface area contributed by atoms with E-state index in [-0.39, 0.29) is 5.75 Å². The monoisotopic (exact) mass is 292 g/mol. The third kappa shape index (κ3) is 3.16. The summed E-state index contributed by atoms with van der Waals surface area (Å²) in [6.07, 6.45) is 5.21. The van der Waals surface area contributed by atoms with Gasteiger partial charge in [0.25, 0.3) is 0 Å². The minimum Gasteiger partial charge on any atom is -0.481 e. The van der Waals surface area contributed by atoms with Crippen LogP contribution < -0.4 is 0 Å². The lowest BCUT2D eigenvalue weighted by Gasteiger charge is -2.11. The molecule has 0 aliphatic rings. The van der Waals surface area contributed by atoms with Crippen LogP contribution in [0.5, 0.6) is 0 Å². The predicted molar refractivity (Wildman–Crippen MR) is 76.2 cm³/mol. The Morgan fingerprint density at radius 3 is 2.90 bits per heavy atom. The van der Waals surface area contributed by atoms with Crippen molar-refractivity contribution >= 4 is 17.7 Å². The van der Waals surface area contributed by atoms with Gasteiger partial charge in [-0.3, -0.25) is 14.3 Å². The van der Waals surface area contributed by atoms with Crippen molar-refractivity contribution in [3.05, 3.63) is 29.8 Å². The summed E-state index contributed by atoms with van der Waals surface area (Å²) in [5.74, 6) is -0.0789. The molecule has 0 radical (unpaired) electrons. The van der Waals surface area contributed by atoms with Gasteiger partial charge in [0.2, 0.25) is 0 Å². The molecule has 6 nitrogen and oxygen atoms in total. The van der Waals surface area contributed by atoms with Gasteiger partial charge in [-0.25, -0.2) is 0 Å². The number of aliphatic carboxylic acids is 1. The summed E-state index contributed by atoms with van der Waals surface area (Å²) < 4.78 is 1.90. The summed E-state index contributed by atoms with van der Waals surface area (Å²) in [6, 6.07) is 1.91. The van der Waals surface area contributed by atoms with Gasteiger partial charge in [-0.1, -0.05) is 18.7 Å². The van der Waals surface area contributed by atoms with Gasteiger partial charge in [0, 0.05) is 12.6 Å². The molecule has 1 N–H and O–H groups in total. The van der Waals surface area contributed by atoms with Gasteiger partial charge in [0.1, 0.15) is 5.82 Å². The lowest BCUT2D eigenvalue weighted by Crippen LogP contribution is -2.06. The van der Waals surface area contributed by atoms with Crippen LogP contribution in [0.25, 0.3) is 5.69 Å². The number of carboxylic acids is 1. The summed E-state index contributed by atoms with van der Waals surface area (Å²) in [6.45, 7) is 4.05. The average molecular weight is 292 g/mol. The summed E-state index contributed by atoms with van der Waals surface area (Å²) in [7, 11) is 0. The lowest BCUT2D eigenvalue weighted by atomic mass is 10.2. The lowest BCUT2D eigenvalue weighted by molar-refractivity contribution is -0.133. The molecule has 0 spiro atoms. The van der Waals surface area contributed by atoms with E-state index in [1.165, 1.54) is 11.8 Å². The SMILES string of the molecule is CCCc1nnc(SCC(=O)O)n1-c1cnccc1C. The van der Waals surface area contributed by atoms with E-state index in [1.54, 1.807) is 12.4 Å². The highest BCUT2D eigenvalue weighted by Gasteiger charge is 2.16. The zero-order valence-corrected chi connectivity index (χ0v) is 12.2. The Balaban J connectivity index is 2.44. The molecule has 7 heteroatoms. The highest BCUT2D eigenvalue weighted by atomic mass is 32.2. The predicted octanol–water partition coefficient (Wildman–Crippen LogP) is 2.10. The molecule has 0 saturated carbocycles. The number of aryl methyl sites for hydroxylation is 2. The van der Waals surface area contributed by atoms with Crippen molar-refractivity contribution in [3.63, 3.8) is 0 Å². The Morgan fingerprint density at radius 1 is 1.45 bits per heavy atom. The van der Waals surface area contributed by atoms with Gasteiger partial charge in [-0.15, -0.1) is 10.2 Å². The van der Waals surface area contributed by atoms with Crippen molar-refractivity contribution in [2.45, 2.75) is 31.8 Å². The van der Waals surface area contributed by atoms with Crippen LogP contribution in [-0.2, 0) is 11.2 Å². The maximum Gasteiger partial charge on any atom is 0.313 e. The molecule has 2 rings (SSSR count). The molecule has 2 aromatic heterocycles. The quantitative estimate of drug-likeness (QED) is 0.821. The average Bonchev–Trinajstić information content (AvgIpc) is 2.80. The van der Waals surface area contributed by atoms with Crippen LogP contribution >= 0.6 is 11.8 Å². The molecule has 20 heavy (non-hydrogen) atoms. The van der Waals surface area contributed by atoms with Crippen molar-refractivity contribution < 1.29 is 9.90 Å². The molecule has 0 amide bonds. The van der Waals surface area contributed by atoms with Crippen LogP contribution in [0.3, 0.4) is 0 Å². The van der Waals surface area contributed by atoms with E-state index < -0.39 is 5.97 Å². The fraction of sp³-hybridized carbons (Fsp3) is 0.385. The van der Waals surface area contributed by atoms with Crippen molar-refractivity contribution in [3.8, 4) is 5.69 Å². The van der Waals surface area contributed by atoms with Gasteiger partial charge in [-0.2, -0.15) is 0 Å². The minimum absolute atomic E-state index is 0.0381. The molecule has 0 aromatic carbocycles. The normalized spacial score (nSPS) is 10.7. The Bertz CT molecular complexity index is 612. The first kappa shape index (κ1) is 14.5. The molecule has 2 heterocycles. The van der Waals surface area contributed by atoms with E-state index in [0.29, 0.717) is 5.16 Å². The van der Waals surface area contributed by atoms with Gasteiger partial charge in [0.15, 0.2) is 5.16 Å². The van der Waals surface area contributed by atoms with E-state index in [1.807, 2.05) is 17.6 Å². The number of thioether (sulfide) groups is 1. The molecular formula is C13H16N4O2S. The van der Waals surface area contributed by atoms with Gasteiger partial charge in [-0.05, 0) is 25.0 Å². The molecule has 0 bridgehead atoms. The van der Waals surface area contributed by atoms with E-state index in [2.05, 4.69) is 22.1 Å². The van der Waals surface area contributed by atoms with Crippen molar-refractivity contribution in [2.24, 2.45) is 0 Å². The van der Waals surface area contributed by atoms with Crippen LogP contribution in [-0.4, -0.2) is 36.6 Å². The van der Waals surface area contributed by atoms with Gasteiger partial charge >= 0.3 is 5.97 Å². The largest absolute Gasteiger partial charge is 0.481 e. The van der Waals surface area contributed by atoms with Crippen molar-refractivity contribution in [2.75, 3.05) is 5.75 Å². The molecular weight excluding hydrogens is 276 g/mol. The fourth-order valence-electron chi connectivity index (χ4n) is 1.84. The summed E-state index contributed by atoms with van der Waals surface area (Å²) >= 11 is 1.17. The number of nitrogens with zero attached hydrogens (tertiary/aromatic N) is 4. The first-order chi connectivity index (χ1) is 9.63. The minimum atomic E-state index is -0.871. The van der Waals surface area contributed by atoms with Crippen LogP contribution in [0.2, 0.25) is 0 Å². The van der Waals surface area contributed by atoms with Gasteiger partial charge < -0.3 is 5.11 Å². The number of pyridine rings is 1. The Kier molecular flexibility index (Phi) is 4.73. The highest BCUT2D eigenvalue weighted by Crippen LogP contribution is 2.24. The Labute approximate surface area is 121 Å². The molecule has 0 atom stereocenters. The van der Waals surface area contributed by atoms with E-state index in [0.717, 1.165) is 29.9 Å². The third-order valence-electron chi connectivity index (χ3n) is 2.75. The van der Waals surface area contributed by atoms with Crippen molar-refractivity contribution in [1.29, 1.82) is 0 Å². The zero-order chi connectivity index (χ0) is 14.5. The smallest absolute Gasteiger partial charge is 0.313 e. The van der Waals surface area contributed by atoms with E-state index in [4.69, 9.17) is 5.11 Å². The molecule has 0 saturated heterocycles. The summed E-state index contributed by atoms with van der Waals surface area (Å²) in [4.78, 5) is 14.9. The molecule has 0 fully saturated rings. The van der Waals surface area contributed by atoms with E-state index >= 15 is 0 Å². The number of rotatable bonds is 6. The molecule has 2 aromatic rings. The standard InChI is InChI=1S/C13H16N4O2S/c1-3-4-11-15-16-13(20-8-12(18)19)17(11)10-7-14-6-5-9(10)2/h5-7H,3-4,8H2,1-2H3,(H,18,19). The second-order valence-corrected chi connectivity index (χ2v) is 5.27. The summed E-state index contributed by atoms with van der Waals surface area (Å²) in [5.41, 5.74) is 1.95. The molecule has 0 aliphatic carbocycles. The number of carbonyl (C=O) groups is 1. The fourth-order valence-corrected chi connectivity index (χ4v) is 2.52. The van der Waals surface area contributed by atoms with E-state index in [9.17, 15) is 4.79 Å². The number of aromatic nitrogens is 4. The van der Waals surface area contributed by atoms with Crippen LogP contribution in [0.4, 0.5) is 0 Å².